The number of aromatic hydroxyl groups is 1. The van der Waals surface area contributed by atoms with Gasteiger partial charge in [-0.05, 0) is 23.8 Å². The zero-order chi connectivity index (χ0) is 10.7. The summed E-state index contributed by atoms with van der Waals surface area (Å²) < 4.78 is 0.573. The first-order valence-corrected chi connectivity index (χ1v) is 4.68. The van der Waals surface area contributed by atoms with Crippen molar-refractivity contribution in [3.05, 3.63) is 28.2 Å². The molecule has 0 unspecified atom stereocenters. The number of carbonyl (C=O) groups is 1. The summed E-state index contributed by atoms with van der Waals surface area (Å²) in [6.45, 7) is 0. The van der Waals surface area contributed by atoms with Crippen LogP contribution in [0.15, 0.2) is 22.7 Å². The molecule has 0 radical (unpaired) electrons. The third-order valence-electron chi connectivity index (χ3n) is 1.71. The van der Waals surface area contributed by atoms with E-state index in [2.05, 4.69) is 15.9 Å². The Labute approximate surface area is 88.9 Å². The first-order valence-electron chi connectivity index (χ1n) is 3.89. The van der Waals surface area contributed by atoms with Crippen LogP contribution < -0.4 is 0 Å². The van der Waals surface area contributed by atoms with E-state index >= 15 is 0 Å². The van der Waals surface area contributed by atoms with E-state index in [1.54, 1.807) is 6.07 Å². The van der Waals surface area contributed by atoms with E-state index in [0.717, 1.165) is 0 Å². The Morgan fingerprint density at radius 1 is 1.50 bits per heavy atom. The van der Waals surface area contributed by atoms with Gasteiger partial charge in [0.05, 0.1) is 12.5 Å². The number of phenolic OH excluding ortho intramolecular Hbond substituents is 1. The molecule has 0 bridgehead atoms. The Morgan fingerprint density at radius 2 is 2.14 bits per heavy atom. The van der Waals surface area contributed by atoms with E-state index in [1.807, 2.05) is 0 Å². The minimum atomic E-state index is -1.12. The number of aliphatic carboxylic acids is 1. The molecule has 1 atom stereocenters. The maximum atomic E-state index is 10.3. The predicted octanol–water partition coefficient (Wildman–Crippen LogP) is 1.66. The lowest BCUT2D eigenvalue weighted by atomic mass is 10.1. The number of hydrogen-bond acceptors (Lipinski definition) is 3. The maximum absolute atomic E-state index is 10.3. The third-order valence-corrected chi connectivity index (χ3v) is 2.43. The van der Waals surface area contributed by atoms with Gasteiger partial charge in [0, 0.05) is 4.47 Å². The highest BCUT2D eigenvalue weighted by atomic mass is 79.9. The van der Waals surface area contributed by atoms with Crippen molar-refractivity contribution < 1.29 is 20.1 Å². The second-order valence-corrected chi connectivity index (χ2v) is 3.67. The van der Waals surface area contributed by atoms with Crippen molar-refractivity contribution in [1.82, 2.24) is 0 Å². The van der Waals surface area contributed by atoms with E-state index in [4.69, 9.17) is 10.2 Å². The Balaban J connectivity index is 2.93. The summed E-state index contributed by atoms with van der Waals surface area (Å²) >= 11 is 3.16. The summed E-state index contributed by atoms with van der Waals surface area (Å²) in [6, 6.07) is 4.33. The summed E-state index contributed by atoms with van der Waals surface area (Å²) in [5, 5.41) is 27.1. The van der Waals surface area contributed by atoms with Crippen molar-refractivity contribution in [2.45, 2.75) is 12.5 Å². The van der Waals surface area contributed by atoms with Gasteiger partial charge >= 0.3 is 5.97 Å². The van der Waals surface area contributed by atoms with Gasteiger partial charge in [-0.1, -0.05) is 15.9 Å². The molecule has 0 aliphatic heterocycles. The number of benzene rings is 1. The molecule has 0 amide bonds. The van der Waals surface area contributed by atoms with Crippen LogP contribution in [0.5, 0.6) is 5.75 Å². The summed E-state index contributed by atoms with van der Waals surface area (Å²) in [5.41, 5.74) is 0.368. The fraction of sp³-hybridized carbons (Fsp3) is 0.222. The summed E-state index contributed by atoms with van der Waals surface area (Å²) in [6.07, 6.45) is -1.50. The molecule has 0 spiro atoms. The Bertz CT molecular complexity index is 351. The first-order chi connectivity index (χ1) is 6.50. The van der Waals surface area contributed by atoms with Gasteiger partial charge in [0.2, 0.25) is 0 Å². The molecule has 3 N–H and O–H groups in total. The predicted molar refractivity (Wildman–Crippen MR) is 53.0 cm³/mol. The molecule has 0 fully saturated rings. The molecule has 1 aromatic rings. The van der Waals surface area contributed by atoms with Crippen LogP contribution in [-0.2, 0) is 4.79 Å². The van der Waals surface area contributed by atoms with Crippen molar-refractivity contribution in [2.75, 3.05) is 0 Å². The summed E-state index contributed by atoms with van der Waals surface area (Å²) in [7, 11) is 0. The Hall–Kier alpha value is -1.07. The number of hydrogen-bond donors (Lipinski definition) is 3. The zero-order valence-corrected chi connectivity index (χ0v) is 8.73. The number of halogens is 1. The SMILES string of the molecule is O=C(O)C[C@H](O)c1cc(O)ccc1Br. The van der Waals surface area contributed by atoms with Gasteiger partial charge in [0.1, 0.15) is 5.75 Å². The van der Waals surface area contributed by atoms with Crippen molar-refractivity contribution in [1.29, 1.82) is 0 Å². The standard InChI is InChI=1S/C9H9BrO4/c10-7-2-1-5(11)3-6(7)8(12)4-9(13)14/h1-3,8,11-12H,4H2,(H,13,14)/t8-/m0/s1. The highest BCUT2D eigenvalue weighted by molar-refractivity contribution is 9.10. The number of carboxylic acid groups (broad SMARTS) is 1. The van der Waals surface area contributed by atoms with Crippen LogP contribution in [0, 0.1) is 0 Å². The van der Waals surface area contributed by atoms with Crippen LogP contribution in [0.2, 0.25) is 0 Å². The molecule has 0 aliphatic rings. The molecule has 1 rings (SSSR count). The molecule has 0 aromatic heterocycles. The van der Waals surface area contributed by atoms with Crippen LogP contribution >= 0.6 is 15.9 Å². The smallest absolute Gasteiger partial charge is 0.306 e. The molecule has 5 heteroatoms. The quantitative estimate of drug-likeness (QED) is 0.773. The fourth-order valence-electron chi connectivity index (χ4n) is 1.06. The molecule has 4 nitrogen and oxygen atoms in total. The van der Waals surface area contributed by atoms with Gasteiger partial charge in [-0.25, -0.2) is 0 Å². The number of carboxylic acids is 1. The molecule has 0 saturated heterocycles. The van der Waals surface area contributed by atoms with Crippen LogP contribution in [0.4, 0.5) is 0 Å². The lowest BCUT2D eigenvalue weighted by molar-refractivity contribution is -0.139. The lowest BCUT2D eigenvalue weighted by Crippen LogP contribution is -2.05. The summed E-state index contributed by atoms with van der Waals surface area (Å²) in [4.78, 5) is 10.3. The molecule has 1 aromatic carbocycles. The van der Waals surface area contributed by atoms with Crippen molar-refractivity contribution in [3.63, 3.8) is 0 Å². The van der Waals surface area contributed by atoms with Crippen molar-refractivity contribution >= 4 is 21.9 Å². The van der Waals surface area contributed by atoms with Gasteiger partial charge in [-0.2, -0.15) is 0 Å². The van der Waals surface area contributed by atoms with Crippen molar-refractivity contribution in [3.8, 4) is 5.75 Å². The van der Waals surface area contributed by atoms with Gasteiger partial charge < -0.3 is 15.3 Å². The van der Waals surface area contributed by atoms with E-state index in [9.17, 15) is 9.90 Å². The average molecular weight is 261 g/mol. The van der Waals surface area contributed by atoms with E-state index in [0.29, 0.717) is 10.0 Å². The van der Waals surface area contributed by atoms with Gasteiger partial charge in [-0.3, -0.25) is 4.79 Å². The molecule has 0 aliphatic carbocycles. The normalized spacial score (nSPS) is 12.4. The van der Waals surface area contributed by atoms with Gasteiger partial charge in [-0.15, -0.1) is 0 Å². The highest BCUT2D eigenvalue weighted by Gasteiger charge is 2.15. The maximum Gasteiger partial charge on any atom is 0.306 e. The minimum absolute atomic E-state index is 0.00682. The lowest BCUT2D eigenvalue weighted by Gasteiger charge is -2.10. The zero-order valence-electron chi connectivity index (χ0n) is 7.14. The minimum Gasteiger partial charge on any atom is -0.508 e. The largest absolute Gasteiger partial charge is 0.508 e. The van der Waals surface area contributed by atoms with Crippen LogP contribution in [-0.4, -0.2) is 21.3 Å². The number of aliphatic hydroxyl groups is 1. The van der Waals surface area contributed by atoms with Gasteiger partial charge in [0.25, 0.3) is 0 Å². The second-order valence-electron chi connectivity index (χ2n) is 2.82. The van der Waals surface area contributed by atoms with Gasteiger partial charge in [0.15, 0.2) is 0 Å². The van der Waals surface area contributed by atoms with Crippen LogP contribution in [0.1, 0.15) is 18.1 Å². The summed E-state index contributed by atoms with van der Waals surface area (Å²) in [5.74, 6) is -1.10. The van der Waals surface area contributed by atoms with E-state index in [-0.39, 0.29) is 12.2 Å². The van der Waals surface area contributed by atoms with Crippen LogP contribution in [0.3, 0.4) is 0 Å². The molecule has 0 heterocycles. The molecule has 14 heavy (non-hydrogen) atoms. The first kappa shape index (κ1) is 11.0. The Morgan fingerprint density at radius 3 is 2.71 bits per heavy atom. The third kappa shape index (κ3) is 2.71. The number of aliphatic hydroxyl groups excluding tert-OH is 1. The van der Waals surface area contributed by atoms with E-state index < -0.39 is 12.1 Å². The van der Waals surface area contributed by atoms with Crippen LogP contribution in [0.25, 0.3) is 0 Å². The fourth-order valence-corrected chi connectivity index (χ4v) is 1.57. The second kappa shape index (κ2) is 4.43. The molecular formula is C9H9BrO4. The molecular weight excluding hydrogens is 252 g/mol. The number of phenols is 1. The molecule has 76 valence electrons. The Kier molecular flexibility index (Phi) is 3.49. The molecule has 0 saturated carbocycles. The van der Waals surface area contributed by atoms with E-state index in [1.165, 1.54) is 12.1 Å². The topological polar surface area (TPSA) is 77.8 Å². The average Bonchev–Trinajstić information content (AvgIpc) is 2.08. The number of rotatable bonds is 3. The monoisotopic (exact) mass is 260 g/mol. The van der Waals surface area contributed by atoms with Crippen molar-refractivity contribution in [2.24, 2.45) is 0 Å². The highest BCUT2D eigenvalue weighted by Crippen LogP contribution is 2.28.